The molecule has 1 aliphatic heterocycles. The molecule has 1 aromatic rings. The van der Waals surface area contributed by atoms with E-state index < -0.39 is 0 Å². The Labute approximate surface area is 102 Å². The van der Waals surface area contributed by atoms with E-state index in [9.17, 15) is 0 Å². The molecule has 0 radical (unpaired) electrons. The maximum Gasteiger partial charge on any atom is 0.0669 e. The fraction of sp³-hybridized carbons (Fsp3) is 0.538. The molecule has 1 aromatic carbocycles. The van der Waals surface area contributed by atoms with Crippen LogP contribution in [-0.4, -0.2) is 24.5 Å². The maximum atomic E-state index is 5.56. The van der Waals surface area contributed by atoms with E-state index in [2.05, 4.69) is 31.2 Å². The van der Waals surface area contributed by atoms with Gasteiger partial charge in [0.05, 0.1) is 6.10 Å². The predicted molar refractivity (Wildman–Crippen MR) is 68.9 cm³/mol. The Morgan fingerprint density at radius 2 is 2.12 bits per heavy atom. The van der Waals surface area contributed by atoms with Gasteiger partial charge < -0.3 is 10.5 Å². The van der Waals surface area contributed by atoms with Crippen molar-refractivity contribution < 1.29 is 4.74 Å². The summed E-state index contributed by atoms with van der Waals surface area (Å²) in [6.45, 7) is 3.79. The van der Waals surface area contributed by atoms with Crippen molar-refractivity contribution in [2.75, 3.05) is 13.2 Å². The third-order valence-electron chi connectivity index (χ3n) is 2.95. The van der Waals surface area contributed by atoms with Crippen molar-refractivity contribution in [3.8, 4) is 0 Å². The van der Waals surface area contributed by atoms with Gasteiger partial charge in [0, 0.05) is 16.8 Å². The van der Waals surface area contributed by atoms with Crippen molar-refractivity contribution in [1.82, 2.24) is 0 Å². The van der Waals surface area contributed by atoms with E-state index in [1.54, 1.807) is 0 Å². The lowest BCUT2D eigenvalue weighted by Crippen LogP contribution is -2.12. The number of benzene rings is 1. The third-order valence-corrected chi connectivity index (χ3v) is 4.42. The molecule has 2 nitrogen and oxygen atoms in total. The lowest BCUT2D eigenvalue weighted by molar-refractivity contribution is 0.127. The summed E-state index contributed by atoms with van der Waals surface area (Å²) in [7, 11) is 0. The molecular weight excluding hydrogens is 218 g/mol. The van der Waals surface area contributed by atoms with E-state index in [1.165, 1.54) is 10.5 Å². The van der Waals surface area contributed by atoms with Gasteiger partial charge in [0.2, 0.25) is 0 Å². The van der Waals surface area contributed by atoms with E-state index in [1.807, 2.05) is 11.8 Å². The van der Waals surface area contributed by atoms with Gasteiger partial charge in [-0.25, -0.2) is 0 Å². The van der Waals surface area contributed by atoms with Crippen molar-refractivity contribution in [3.05, 3.63) is 29.8 Å². The summed E-state index contributed by atoms with van der Waals surface area (Å²) >= 11 is 1.93. The first kappa shape index (κ1) is 12.0. The highest BCUT2D eigenvalue weighted by molar-refractivity contribution is 8.00. The lowest BCUT2D eigenvalue weighted by Gasteiger charge is -2.13. The van der Waals surface area contributed by atoms with Crippen LogP contribution in [0.1, 0.15) is 18.9 Å². The number of ether oxygens (including phenoxy) is 1. The number of thioether (sulfide) groups is 1. The molecule has 0 bridgehead atoms. The standard InChI is InChI=1S/C13H19NOS/c1-10-13(7-9-15-10)16-12-4-2-11(3-5-12)6-8-14/h2-5,10,13H,6-9,14H2,1H3. The Morgan fingerprint density at radius 3 is 2.69 bits per heavy atom. The quantitative estimate of drug-likeness (QED) is 0.873. The zero-order valence-electron chi connectivity index (χ0n) is 9.69. The van der Waals surface area contributed by atoms with Gasteiger partial charge in [0.15, 0.2) is 0 Å². The Hall–Kier alpha value is -0.510. The molecule has 0 amide bonds. The Balaban J connectivity index is 1.94. The first-order chi connectivity index (χ1) is 7.79. The van der Waals surface area contributed by atoms with E-state index in [4.69, 9.17) is 10.5 Å². The lowest BCUT2D eigenvalue weighted by atomic mass is 10.2. The molecule has 0 spiro atoms. The van der Waals surface area contributed by atoms with Crippen LogP contribution in [0, 0.1) is 0 Å². The summed E-state index contributed by atoms with van der Waals surface area (Å²) in [4.78, 5) is 1.34. The first-order valence-corrected chi connectivity index (χ1v) is 6.75. The first-order valence-electron chi connectivity index (χ1n) is 5.87. The van der Waals surface area contributed by atoms with Gasteiger partial charge in [-0.05, 0) is 44.0 Å². The molecule has 88 valence electrons. The predicted octanol–water partition coefficient (Wildman–Crippen LogP) is 2.46. The molecule has 1 saturated heterocycles. The molecule has 1 aliphatic rings. The van der Waals surface area contributed by atoms with Crippen molar-refractivity contribution in [3.63, 3.8) is 0 Å². The molecule has 1 fully saturated rings. The zero-order chi connectivity index (χ0) is 11.4. The SMILES string of the molecule is CC1OCCC1Sc1ccc(CCN)cc1. The Bertz CT molecular complexity index is 325. The summed E-state index contributed by atoms with van der Waals surface area (Å²) in [5.41, 5.74) is 6.85. The largest absolute Gasteiger partial charge is 0.377 e. The van der Waals surface area contributed by atoms with Crippen LogP contribution in [0.2, 0.25) is 0 Å². The molecule has 0 aromatic heterocycles. The van der Waals surface area contributed by atoms with Gasteiger partial charge in [-0.2, -0.15) is 0 Å². The second-order valence-corrected chi connectivity index (χ2v) is 5.52. The van der Waals surface area contributed by atoms with Gasteiger partial charge in [-0.3, -0.25) is 0 Å². The monoisotopic (exact) mass is 237 g/mol. The average Bonchev–Trinajstić information content (AvgIpc) is 2.68. The van der Waals surface area contributed by atoms with Crippen molar-refractivity contribution in [2.24, 2.45) is 5.73 Å². The van der Waals surface area contributed by atoms with Crippen LogP contribution >= 0.6 is 11.8 Å². The summed E-state index contributed by atoms with van der Waals surface area (Å²) in [6, 6.07) is 8.74. The Kier molecular flexibility index (Phi) is 4.27. The van der Waals surface area contributed by atoms with Gasteiger partial charge in [0.25, 0.3) is 0 Å². The topological polar surface area (TPSA) is 35.2 Å². The molecule has 1 heterocycles. The smallest absolute Gasteiger partial charge is 0.0669 e. The fourth-order valence-corrected chi connectivity index (χ4v) is 3.07. The molecule has 2 rings (SSSR count). The third kappa shape index (κ3) is 3.00. The highest BCUT2D eigenvalue weighted by Gasteiger charge is 2.24. The summed E-state index contributed by atoms with van der Waals surface area (Å²) in [5.74, 6) is 0. The van der Waals surface area contributed by atoms with Crippen LogP contribution in [0.5, 0.6) is 0 Å². The van der Waals surface area contributed by atoms with Crippen LogP contribution in [0.25, 0.3) is 0 Å². The molecule has 0 saturated carbocycles. The van der Waals surface area contributed by atoms with Crippen molar-refractivity contribution in [2.45, 2.75) is 36.0 Å². The summed E-state index contributed by atoms with van der Waals surface area (Å²) in [5, 5.41) is 0.611. The van der Waals surface area contributed by atoms with E-state index in [0.29, 0.717) is 11.4 Å². The summed E-state index contributed by atoms with van der Waals surface area (Å²) < 4.78 is 5.56. The highest BCUT2D eigenvalue weighted by atomic mass is 32.2. The number of rotatable bonds is 4. The second-order valence-electron chi connectivity index (χ2n) is 4.20. The summed E-state index contributed by atoms with van der Waals surface area (Å²) in [6.07, 6.45) is 2.51. The Morgan fingerprint density at radius 1 is 1.38 bits per heavy atom. The zero-order valence-corrected chi connectivity index (χ0v) is 10.5. The van der Waals surface area contributed by atoms with Gasteiger partial charge in [-0.1, -0.05) is 12.1 Å². The van der Waals surface area contributed by atoms with Gasteiger partial charge >= 0.3 is 0 Å². The molecule has 2 atom stereocenters. The van der Waals surface area contributed by atoms with Crippen LogP contribution < -0.4 is 5.73 Å². The fourth-order valence-electron chi connectivity index (χ4n) is 1.94. The number of nitrogens with two attached hydrogens (primary N) is 1. The van der Waals surface area contributed by atoms with Crippen molar-refractivity contribution >= 4 is 11.8 Å². The van der Waals surface area contributed by atoms with Crippen LogP contribution in [0.3, 0.4) is 0 Å². The van der Waals surface area contributed by atoms with E-state index in [-0.39, 0.29) is 0 Å². The highest BCUT2D eigenvalue weighted by Crippen LogP contribution is 2.32. The minimum atomic E-state index is 0.383. The molecule has 2 N–H and O–H groups in total. The molecule has 2 unspecified atom stereocenters. The molecule has 3 heteroatoms. The van der Waals surface area contributed by atoms with Crippen molar-refractivity contribution in [1.29, 1.82) is 0 Å². The van der Waals surface area contributed by atoms with Crippen LogP contribution in [-0.2, 0) is 11.2 Å². The van der Waals surface area contributed by atoms with Crippen LogP contribution in [0.4, 0.5) is 0 Å². The molecule has 16 heavy (non-hydrogen) atoms. The van der Waals surface area contributed by atoms with E-state index >= 15 is 0 Å². The normalized spacial score (nSPS) is 24.9. The average molecular weight is 237 g/mol. The molecule has 0 aliphatic carbocycles. The van der Waals surface area contributed by atoms with E-state index in [0.717, 1.165) is 26.0 Å². The maximum absolute atomic E-state index is 5.56. The minimum absolute atomic E-state index is 0.383. The van der Waals surface area contributed by atoms with Crippen LogP contribution in [0.15, 0.2) is 29.2 Å². The van der Waals surface area contributed by atoms with Gasteiger partial charge in [0.1, 0.15) is 0 Å². The second kappa shape index (κ2) is 5.71. The number of hydrogen-bond acceptors (Lipinski definition) is 3. The van der Waals surface area contributed by atoms with Gasteiger partial charge in [-0.15, -0.1) is 11.8 Å². The minimum Gasteiger partial charge on any atom is -0.377 e. The number of hydrogen-bond donors (Lipinski definition) is 1. The molecular formula is C13H19NOS.